The van der Waals surface area contributed by atoms with Crippen molar-refractivity contribution in [2.24, 2.45) is 5.92 Å². The summed E-state index contributed by atoms with van der Waals surface area (Å²) in [6.07, 6.45) is 0. The van der Waals surface area contributed by atoms with Crippen LogP contribution in [0.4, 0.5) is 4.79 Å². The molecule has 2 rings (SSSR count). The van der Waals surface area contributed by atoms with Crippen LogP contribution in [0.1, 0.15) is 13.8 Å². The van der Waals surface area contributed by atoms with Crippen molar-refractivity contribution >= 4 is 56.4 Å². The van der Waals surface area contributed by atoms with E-state index < -0.39 is 40.5 Å². The first-order chi connectivity index (χ1) is 14.5. The Morgan fingerprint density at radius 3 is 2.42 bits per heavy atom. The van der Waals surface area contributed by atoms with Gasteiger partial charge in [-0.25, -0.2) is 8.42 Å². The van der Waals surface area contributed by atoms with Crippen LogP contribution in [0.25, 0.3) is 0 Å². The van der Waals surface area contributed by atoms with E-state index in [1.165, 1.54) is 24.3 Å². The molecule has 2 N–H and O–H groups in total. The molecule has 1 atom stereocenters. The summed E-state index contributed by atoms with van der Waals surface area (Å²) in [5.74, 6) is -2.27. The van der Waals surface area contributed by atoms with E-state index in [2.05, 4.69) is 10.0 Å². The highest BCUT2D eigenvalue weighted by Crippen LogP contribution is 2.18. The van der Waals surface area contributed by atoms with Crippen molar-refractivity contribution in [2.45, 2.75) is 24.8 Å². The first kappa shape index (κ1) is 25.1. The number of thioether (sulfide) groups is 1. The fourth-order valence-electron chi connectivity index (χ4n) is 2.49. The lowest BCUT2D eigenvalue weighted by atomic mass is 10.1. The minimum absolute atomic E-state index is 0.00519. The Hall–Kier alpha value is -2.15. The van der Waals surface area contributed by atoms with Crippen LogP contribution in [0, 0.1) is 5.92 Å². The molecule has 13 heteroatoms. The molecule has 1 heterocycles. The van der Waals surface area contributed by atoms with E-state index in [9.17, 15) is 27.6 Å². The standard InChI is InChI=1S/C18H22ClN3O7S2/c1-11(2)16(21-31(27,28)13-5-3-12(19)4-6-13)17(25)29-9-14(23)20-7-8-22-15(24)10-30-18(22)26/h3-6,11,16,21H,7-10H2,1-2H3,(H,20,23)/t16-/m1/s1. The molecule has 31 heavy (non-hydrogen) atoms. The van der Waals surface area contributed by atoms with Gasteiger partial charge in [0.2, 0.25) is 15.9 Å². The number of carbonyl (C=O) groups is 4. The monoisotopic (exact) mass is 491 g/mol. The Morgan fingerprint density at radius 1 is 1.23 bits per heavy atom. The molecule has 0 aliphatic carbocycles. The number of benzene rings is 1. The third-order valence-electron chi connectivity index (χ3n) is 4.17. The number of amides is 3. The molecule has 0 aromatic heterocycles. The molecular weight excluding hydrogens is 470 g/mol. The van der Waals surface area contributed by atoms with Gasteiger partial charge < -0.3 is 10.1 Å². The lowest BCUT2D eigenvalue weighted by Gasteiger charge is -2.21. The highest BCUT2D eigenvalue weighted by molar-refractivity contribution is 8.14. The Kier molecular flexibility index (Phi) is 8.86. The van der Waals surface area contributed by atoms with E-state index in [1.54, 1.807) is 13.8 Å². The largest absolute Gasteiger partial charge is 0.454 e. The van der Waals surface area contributed by atoms with Gasteiger partial charge in [-0.1, -0.05) is 37.2 Å². The summed E-state index contributed by atoms with van der Waals surface area (Å²) in [5.41, 5.74) is 0. The van der Waals surface area contributed by atoms with E-state index in [-0.39, 0.29) is 34.9 Å². The zero-order valence-corrected chi connectivity index (χ0v) is 19.2. The SMILES string of the molecule is CC(C)[C@@H](NS(=O)(=O)c1ccc(Cl)cc1)C(=O)OCC(=O)NCCN1C(=O)CSC1=O. The van der Waals surface area contributed by atoms with E-state index in [0.717, 1.165) is 16.7 Å². The van der Waals surface area contributed by atoms with Gasteiger partial charge in [0.1, 0.15) is 6.04 Å². The fraction of sp³-hybridized carbons (Fsp3) is 0.444. The number of ether oxygens (including phenoxy) is 1. The predicted molar refractivity (Wildman–Crippen MR) is 114 cm³/mol. The second-order valence-electron chi connectivity index (χ2n) is 6.85. The maximum atomic E-state index is 12.5. The third kappa shape index (κ3) is 7.20. The Bertz CT molecular complexity index is 935. The summed E-state index contributed by atoms with van der Waals surface area (Å²) >= 11 is 6.65. The predicted octanol–water partition coefficient (Wildman–Crippen LogP) is 0.998. The molecule has 1 aliphatic heterocycles. The number of hydrogen-bond donors (Lipinski definition) is 2. The number of nitrogens with zero attached hydrogens (tertiary/aromatic N) is 1. The summed E-state index contributed by atoms with van der Waals surface area (Å²) < 4.78 is 32.3. The van der Waals surface area contributed by atoms with Crippen LogP contribution in [0.5, 0.6) is 0 Å². The second kappa shape index (κ2) is 10.9. The number of carbonyl (C=O) groups excluding carboxylic acids is 4. The molecule has 1 aliphatic rings. The summed E-state index contributed by atoms with van der Waals surface area (Å²) in [7, 11) is -4.02. The minimum atomic E-state index is -4.02. The lowest BCUT2D eigenvalue weighted by molar-refractivity contribution is -0.151. The average molecular weight is 492 g/mol. The van der Waals surface area contributed by atoms with Gasteiger partial charge in [0.15, 0.2) is 6.61 Å². The first-order valence-electron chi connectivity index (χ1n) is 9.19. The number of esters is 1. The molecule has 1 saturated heterocycles. The number of imide groups is 1. The maximum absolute atomic E-state index is 12.5. The Labute approximate surface area is 189 Å². The quantitative estimate of drug-likeness (QED) is 0.462. The molecule has 1 aromatic carbocycles. The second-order valence-corrected chi connectivity index (χ2v) is 9.93. The van der Waals surface area contributed by atoms with Crippen LogP contribution in [-0.4, -0.2) is 67.8 Å². The van der Waals surface area contributed by atoms with Gasteiger partial charge in [-0.3, -0.25) is 24.1 Å². The van der Waals surface area contributed by atoms with Crippen LogP contribution in [-0.2, 0) is 29.1 Å². The molecule has 0 saturated carbocycles. The number of nitrogens with one attached hydrogen (secondary N) is 2. The molecule has 1 fully saturated rings. The minimum Gasteiger partial charge on any atom is -0.454 e. The summed E-state index contributed by atoms with van der Waals surface area (Å²) in [6, 6.07) is 4.20. The summed E-state index contributed by atoms with van der Waals surface area (Å²) in [4.78, 5) is 48.2. The molecule has 0 radical (unpaired) electrons. The molecule has 3 amide bonds. The maximum Gasteiger partial charge on any atom is 0.324 e. The number of rotatable bonds is 10. The fourth-order valence-corrected chi connectivity index (χ4v) is 4.70. The van der Waals surface area contributed by atoms with E-state index in [4.69, 9.17) is 16.3 Å². The van der Waals surface area contributed by atoms with E-state index >= 15 is 0 Å². The van der Waals surface area contributed by atoms with Crippen LogP contribution in [0.15, 0.2) is 29.2 Å². The third-order valence-corrected chi connectivity index (χ3v) is 6.74. The number of hydrogen-bond acceptors (Lipinski definition) is 8. The molecule has 1 aromatic rings. The smallest absolute Gasteiger partial charge is 0.324 e. The van der Waals surface area contributed by atoms with Gasteiger partial charge >= 0.3 is 5.97 Å². The van der Waals surface area contributed by atoms with Crippen molar-refractivity contribution in [3.05, 3.63) is 29.3 Å². The average Bonchev–Trinajstić information content (AvgIpc) is 3.02. The topological polar surface area (TPSA) is 139 Å². The van der Waals surface area contributed by atoms with E-state index in [1.807, 2.05) is 0 Å². The first-order valence-corrected chi connectivity index (χ1v) is 12.0. The van der Waals surface area contributed by atoms with Crippen molar-refractivity contribution < 1.29 is 32.3 Å². The Morgan fingerprint density at radius 2 is 1.87 bits per heavy atom. The van der Waals surface area contributed by atoms with Crippen molar-refractivity contribution in [3.8, 4) is 0 Å². The van der Waals surface area contributed by atoms with Crippen molar-refractivity contribution in [2.75, 3.05) is 25.4 Å². The van der Waals surface area contributed by atoms with Crippen LogP contribution in [0.2, 0.25) is 5.02 Å². The highest BCUT2D eigenvalue weighted by Gasteiger charge is 2.31. The molecule has 170 valence electrons. The number of sulfonamides is 1. The summed E-state index contributed by atoms with van der Waals surface area (Å²) in [5, 5.41) is 2.42. The van der Waals surface area contributed by atoms with Crippen LogP contribution >= 0.6 is 23.4 Å². The Balaban J connectivity index is 1.86. The van der Waals surface area contributed by atoms with Crippen molar-refractivity contribution in [1.82, 2.24) is 14.9 Å². The molecule has 0 unspecified atom stereocenters. The molecule has 0 bridgehead atoms. The van der Waals surface area contributed by atoms with Gasteiger partial charge in [0.05, 0.1) is 10.6 Å². The molecule has 10 nitrogen and oxygen atoms in total. The molecular formula is C18H22ClN3O7S2. The zero-order chi connectivity index (χ0) is 23.2. The zero-order valence-electron chi connectivity index (χ0n) is 16.8. The van der Waals surface area contributed by atoms with Crippen molar-refractivity contribution in [1.29, 1.82) is 0 Å². The van der Waals surface area contributed by atoms with Gasteiger partial charge in [-0.05, 0) is 30.2 Å². The van der Waals surface area contributed by atoms with E-state index in [0.29, 0.717) is 5.02 Å². The number of halogens is 1. The van der Waals surface area contributed by atoms with Crippen LogP contribution in [0.3, 0.4) is 0 Å². The van der Waals surface area contributed by atoms with Gasteiger partial charge in [0, 0.05) is 18.1 Å². The van der Waals surface area contributed by atoms with Crippen LogP contribution < -0.4 is 10.0 Å². The lowest BCUT2D eigenvalue weighted by Crippen LogP contribution is -2.46. The molecule has 0 spiro atoms. The highest BCUT2D eigenvalue weighted by atomic mass is 35.5. The normalized spacial score (nSPS) is 15.3. The van der Waals surface area contributed by atoms with Gasteiger partial charge in [-0.15, -0.1) is 0 Å². The summed E-state index contributed by atoms with van der Waals surface area (Å²) in [6.45, 7) is 2.63. The van der Waals surface area contributed by atoms with Crippen molar-refractivity contribution in [3.63, 3.8) is 0 Å². The van der Waals surface area contributed by atoms with Gasteiger partial charge in [0.25, 0.3) is 11.1 Å². The van der Waals surface area contributed by atoms with Gasteiger partial charge in [-0.2, -0.15) is 4.72 Å².